The number of hydrogen-bond donors (Lipinski definition) is 1. The van der Waals surface area contributed by atoms with E-state index < -0.39 is 0 Å². The monoisotopic (exact) mass is 488 g/mol. The van der Waals surface area contributed by atoms with E-state index in [2.05, 4.69) is 78.4 Å². The van der Waals surface area contributed by atoms with Gasteiger partial charge >= 0.3 is 6.01 Å². The second kappa shape index (κ2) is 9.09. The van der Waals surface area contributed by atoms with Crippen LogP contribution in [0.4, 0.5) is 0 Å². The van der Waals surface area contributed by atoms with Crippen molar-refractivity contribution in [2.45, 2.75) is 78.2 Å². The molecule has 1 fully saturated rings. The number of hydrogen-bond acceptors (Lipinski definition) is 3. The van der Waals surface area contributed by atoms with E-state index in [9.17, 15) is 0 Å². The summed E-state index contributed by atoms with van der Waals surface area (Å²) in [6.07, 6.45) is 11.8. The topological polar surface area (TPSA) is 76.0 Å². The van der Waals surface area contributed by atoms with Crippen LogP contribution in [0.5, 0.6) is 6.01 Å². The van der Waals surface area contributed by atoms with Gasteiger partial charge in [-0.1, -0.05) is 62.4 Å². The molecule has 0 aromatic carbocycles. The zero-order chi connectivity index (χ0) is 20.2. The van der Waals surface area contributed by atoms with Gasteiger partial charge in [-0.05, 0) is 53.6 Å². The Kier molecular flexibility index (Phi) is 7.55. The van der Waals surface area contributed by atoms with Crippen LogP contribution in [-0.4, -0.2) is 26.3 Å². The number of rotatable bonds is 7. The number of nitrogens with two attached hydrogens (primary N) is 1. The predicted molar refractivity (Wildman–Crippen MR) is 120 cm³/mol. The average molecular weight is 488 g/mol. The van der Waals surface area contributed by atoms with Crippen LogP contribution in [0.2, 0.25) is 0 Å². The quantitative estimate of drug-likeness (QED) is 0.332. The van der Waals surface area contributed by atoms with Crippen LogP contribution < -0.4 is 5.73 Å². The normalized spacial score (nSPS) is 26.6. The van der Waals surface area contributed by atoms with E-state index in [-0.39, 0.29) is 29.3 Å². The highest BCUT2D eigenvalue weighted by Gasteiger charge is 2.34. The minimum atomic E-state index is -0.329. The number of allylic oxidation sites excluding steroid dienone is 1. The van der Waals surface area contributed by atoms with Crippen LogP contribution in [0.3, 0.4) is 0 Å². The van der Waals surface area contributed by atoms with Gasteiger partial charge in [-0.3, -0.25) is 0 Å². The lowest BCUT2D eigenvalue weighted by molar-refractivity contribution is -0.0102. The zero-order valence-electron chi connectivity index (χ0n) is 17.2. The van der Waals surface area contributed by atoms with E-state index in [0.29, 0.717) is 5.92 Å². The first-order valence-electron chi connectivity index (χ1n) is 9.69. The van der Waals surface area contributed by atoms with Gasteiger partial charge in [0, 0.05) is 11.7 Å². The maximum Gasteiger partial charge on any atom is 0.449 e. The summed E-state index contributed by atoms with van der Waals surface area (Å²) in [4.78, 5) is 3.98. The van der Waals surface area contributed by atoms with Crippen LogP contribution in [0, 0.1) is 11.3 Å². The number of nitrogens with zero attached hydrogens (tertiary/aromatic N) is 2. The highest BCUT2D eigenvalue weighted by molar-refractivity contribution is 14.1. The predicted octanol–water partition coefficient (Wildman–Crippen LogP) is 5.05. The lowest BCUT2D eigenvalue weighted by Crippen LogP contribution is -2.41. The number of ether oxygens (including phenoxy) is 1. The van der Waals surface area contributed by atoms with Gasteiger partial charge in [-0.25, -0.2) is 4.57 Å². The molecule has 1 aromatic heterocycles. The maximum atomic E-state index is 7.85. The van der Waals surface area contributed by atoms with E-state index in [4.69, 9.17) is 15.6 Å². The maximum absolute atomic E-state index is 7.85. The molecule has 0 amide bonds. The summed E-state index contributed by atoms with van der Waals surface area (Å²) in [5.41, 5.74) is 7.63. The lowest BCUT2D eigenvalue weighted by Gasteiger charge is -2.33. The van der Waals surface area contributed by atoms with Gasteiger partial charge in [-0.2, -0.15) is 4.98 Å². The van der Waals surface area contributed by atoms with Gasteiger partial charge in [-0.15, -0.1) is 0 Å². The summed E-state index contributed by atoms with van der Waals surface area (Å²) in [5, 5.41) is 7.85. The molecule has 152 valence electrons. The highest BCUT2D eigenvalue weighted by atomic mass is 127. The Balaban J connectivity index is 1.88. The van der Waals surface area contributed by atoms with Crippen molar-refractivity contribution in [2.75, 3.05) is 0 Å². The van der Waals surface area contributed by atoms with Crippen molar-refractivity contribution in [2.24, 2.45) is 17.1 Å². The summed E-state index contributed by atoms with van der Waals surface area (Å²) in [6, 6.07) is 0.269. The minimum absolute atomic E-state index is 0.0621. The second-order valence-corrected chi connectivity index (χ2v) is 9.82. The van der Waals surface area contributed by atoms with Crippen molar-refractivity contribution in [1.82, 2.24) is 9.55 Å². The van der Waals surface area contributed by atoms with Crippen molar-refractivity contribution >= 4 is 22.6 Å². The number of imidazole rings is 1. The molecule has 1 aliphatic rings. The molecule has 2 rings (SSSR count). The Bertz CT molecular complexity index is 673. The first-order chi connectivity index (χ1) is 12.5. The molecule has 6 heteroatoms. The number of halogens is 1. The van der Waals surface area contributed by atoms with Gasteiger partial charge < -0.3 is 15.6 Å². The molecule has 4 atom stereocenters. The zero-order valence-corrected chi connectivity index (χ0v) is 19.4. The SMILES string of the molecule is C[C@@H]1CC(n2ccnc2[OH2+])OC1CC/C=C/C(=C\I)C(C)(N)CC(C)(C)C. The average Bonchev–Trinajstić information content (AvgIpc) is 3.10. The fraction of sp³-hybridized carbons (Fsp3) is 0.667. The molecular weight excluding hydrogens is 453 g/mol. The lowest BCUT2D eigenvalue weighted by atomic mass is 9.77. The van der Waals surface area contributed by atoms with Gasteiger partial charge in [0.15, 0.2) is 0 Å². The molecule has 0 saturated carbocycles. The molecule has 1 saturated heterocycles. The van der Waals surface area contributed by atoms with Crippen molar-refractivity contribution in [3.8, 4) is 6.01 Å². The molecule has 4 N–H and O–H groups in total. The van der Waals surface area contributed by atoms with E-state index in [1.807, 2.05) is 10.8 Å². The fourth-order valence-electron chi connectivity index (χ4n) is 3.96. The molecule has 0 aliphatic carbocycles. The summed E-state index contributed by atoms with van der Waals surface area (Å²) in [5.74, 6) is 0.477. The van der Waals surface area contributed by atoms with Crippen LogP contribution >= 0.6 is 22.6 Å². The summed E-state index contributed by atoms with van der Waals surface area (Å²) in [7, 11) is 0. The van der Waals surface area contributed by atoms with Gasteiger partial charge in [0.25, 0.3) is 0 Å². The Labute approximate surface area is 177 Å². The van der Waals surface area contributed by atoms with Crippen molar-refractivity contribution < 1.29 is 9.84 Å². The Hall–Kier alpha value is -0.860. The fourth-order valence-corrected chi connectivity index (χ4v) is 4.88. The van der Waals surface area contributed by atoms with E-state index in [1.54, 1.807) is 6.20 Å². The van der Waals surface area contributed by atoms with E-state index >= 15 is 0 Å². The van der Waals surface area contributed by atoms with Crippen LogP contribution in [-0.2, 0) is 4.74 Å². The highest BCUT2D eigenvalue weighted by Crippen LogP contribution is 2.37. The Morgan fingerprint density at radius 2 is 2.15 bits per heavy atom. The van der Waals surface area contributed by atoms with E-state index in [0.717, 1.165) is 25.7 Å². The first kappa shape index (κ1) is 22.4. The van der Waals surface area contributed by atoms with Gasteiger partial charge in [0.05, 0.1) is 12.3 Å². The van der Waals surface area contributed by atoms with Crippen molar-refractivity contribution in [1.29, 1.82) is 0 Å². The van der Waals surface area contributed by atoms with E-state index in [1.165, 1.54) is 5.57 Å². The van der Waals surface area contributed by atoms with Gasteiger partial charge in [0.2, 0.25) is 0 Å². The van der Waals surface area contributed by atoms with Crippen molar-refractivity contribution in [3.63, 3.8) is 0 Å². The van der Waals surface area contributed by atoms with Crippen LogP contribution in [0.15, 0.2) is 34.2 Å². The Morgan fingerprint density at radius 1 is 1.44 bits per heavy atom. The molecule has 1 aliphatic heterocycles. The second-order valence-electron chi connectivity index (χ2n) is 9.20. The number of aromatic nitrogens is 2. The van der Waals surface area contributed by atoms with Gasteiger partial charge in [0.1, 0.15) is 6.23 Å². The molecule has 2 heterocycles. The summed E-state index contributed by atoms with van der Waals surface area (Å²) >= 11 is 2.29. The van der Waals surface area contributed by atoms with Crippen LogP contribution in [0.25, 0.3) is 0 Å². The third-order valence-electron chi connectivity index (χ3n) is 5.11. The molecule has 5 nitrogen and oxygen atoms in total. The minimum Gasteiger partial charge on any atom is -0.564 e. The molecular formula is C21H35IN3O2+. The summed E-state index contributed by atoms with van der Waals surface area (Å²) in [6.45, 7) is 11.0. The van der Waals surface area contributed by atoms with Crippen LogP contribution in [0.1, 0.15) is 66.5 Å². The molecule has 1 aromatic rings. The third kappa shape index (κ3) is 6.32. The molecule has 0 spiro atoms. The molecule has 3 unspecified atom stereocenters. The standard InChI is InChI=1S/C21H34IN3O2/c1-15-12-18(25-11-10-24-19(25)26)27-17(15)9-7-6-8-16(13-22)21(5,23)14-20(2,3)4/h6,8,10-11,13,15,17-18H,7,9,12,14,23H2,1-5H3,(H,24,26)/p+1/b8-6+,16-13+/t15-,17?,18?,21?/m1/s1. The molecule has 27 heavy (non-hydrogen) atoms. The third-order valence-corrected chi connectivity index (χ3v) is 5.78. The van der Waals surface area contributed by atoms with Crippen molar-refractivity contribution in [3.05, 3.63) is 34.2 Å². The first-order valence-corrected chi connectivity index (χ1v) is 10.9. The largest absolute Gasteiger partial charge is 0.564 e. The Morgan fingerprint density at radius 3 is 2.70 bits per heavy atom. The smallest absolute Gasteiger partial charge is 0.449 e. The summed E-state index contributed by atoms with van der Waals surface area (Å²) < 4.78 is 10.1. The molecule has 0 bridgehead atoms. The molecule has 0 radical (unpaired) electrons.